The van der Waals surface area contributed by atoms with E-state index in [-0.39, 0.29) is 11.8 Å². The van der Waals surface area contributed by atoms with Gasteiger partial charge in [0.15, 0.2) is 6.61 Å². The van der Waals surface area contributed by atoms with Gasteiger partial charge in [-0.2, -0.15) is 0 Å². The van der Waals surface area contributed by atoms with Gasteiger partial charge in [-0.15, -0.1) is 0 Å². The molecule has 1 aromatic carbocycles. The Morgan fingerprint density at radius 3 is 2.75 bits per heavy atom. The van der Waals surface area contributed by atoms with Gasteiger partial charge in [0, 0.05) is 51.4 Å². The number of nitrogens with zero attached hydrogens (tertiary/aromatic N) is 4. The fourth-order valence-electron chi connectivity index (χ4n) is 3.82. The summed E-state index contributed by atoms with van der Waals surface area (Å²) in [5.74, 6) is 0.725. The fraction of sp³-hybridized carbons (Fsp3) is 0.526. The van der Waals surface area contributed by atoms with Gasteiger partial charge in [0.2, 0.25) is 11.8 Å². The molecule has 7 nitrogen and oxygen atoms in total. The standard InChI is InChI=1S/C19H23F2N5O2/c20-17(21)11-28-19-15-8-14(1-2-16(15)23-12-24-19)26-5-3-25(4-6-26)10-13-7-18(27)22-9-13/h1-2,8,12-13,17H,3-7,9-11H2,(H,22,27). The highest BCUT2D eigenvalue weighted by molar-refractivity contribution is 5.86. The first-order valence-corrected chi connectivity index (χ1v) is 9.48. The molecule has 1 aromatic heterocycles. The van der Waals surface area contributed by atoms with Crippen LogP contribution in [0, 0.1) is 5.92 Å². The number of carbonyl (C=O) groups is 1. The zero-order valence-corrected chi connectivity index (χ0v) is 15.5. The molecular weight excluding hydrogens is 368 g/mol. The van der Waals surface area contributed by atoms with Gasteiger partial charge in [-0.3, -0.25) is 9.69 Å². The van der Waals surface area contributed by atoms with E-state index in [1.165, 1.54) is 6.33 Å². The third kappa shape index (κ3) is 4.30. The summed E-state index contributed by atoms with van der Waals surface area (Å²) in [5, 5.41) is 3.52. The van der Waals surface area contributed by atoms with Crippen LogP contribution in [0.4, 0.5) is 14.5 Å². The Morgan fingerprint density at radius 2 is 2.04 bits per heavy atom. The average molecular weight is 391 g/mol. The third-order valence-electron chi connectivity index (χ3n) is 5.24. The smallest absolute Gasteiger partial charge is 0.272 e. The van der Waals surface area contributed by atoms with Gasteiger partial charge < -0.3 is 15.0 Å². The molecule has 1 N–H and O–H groups in total. The van der Waals surface area contributed by atoms with Crippen LogP contribution in [0.2, 0.25) is 0 Å². The van der Waals surface area contributed by atoms with Crippen molar-refractivity contribution in [3.8, 4) is 5.88 Å². The van der Waals surface area contributed by atoms with E-state index in [4.69, 9.17) is 4.74 Å². The van der Waals surface area contributed by atoms with Gasteiger partial charge in [-0.1, -0.05) is 0 Å². The van der Waals surface area contributed by atoms with Crippen molar-refractivity contribution in [3.05, 3.63) is 24.5 Å². The van der Waals surface area contributed by atoms with Gasteiger partial charge >= 0.3 is 0 Å². The van der Waals surface area contributed by atoms with E-state index in [1.54, 1.807) is 0 Å². The summed E-state index contributed by atoms with van der Waals surface area (Å²) in [6, 6.07) is 5.76. The molecule has 2 fully saturated rings. The fourth-order valence-corrected chi connectivity index (χ4v) is 3.82. The first-order valence-electron chi connectivity index (χ1n) is 9.48. The summed E-state index contributed by atoms with van der Waals surface area (Å²) >= 11 is 0. The number of hydrogen-bond donors (Lipinski definition) is 1. The van der Waals surface area contributed by atoms with Crippen molar-refractivity contribution in [2.75, 3.05) is 50.8 Å². The molecule has 3 heterocycles. The maximum absolute atomic E-state index is 12.5. The molecule has 2 aromatic rings. The number of aromatic nitrogens is 2. The second-order valence-corrected chi connectivity index (χ2v) is 7.24. The molecule has 9 heteroatoms. The molecule has 0 aliphatic carbocycles. The molecule has 4 rings (SSSR count). The van der Waals surface area contributed by atoms with Gasteiger partial charge in [0.05, 0.1) is 10.9 Å². The Hall–Kier alpha value is -2.55. The Morgan fingerprint density at radius 1 is 1.21 bits per heavy atom. The number of carbonyl (C=O) groups excluding carboxylic acids is 1. The molecule has 2 aliphatic rings. The van der Waals surface area contributed by atoms with E-state index in [0.29, 0.717) is 23.2 Å². The summed E-state index contributed by atoms with van der Waals surface area (Å²) < 4.78 is 30.1. The number of piperazine rings is 1. The average Bonchev–Trinajstić information content (AvgIpc) is 3.11. The van der Waals surface area contributed by atoms with Crippen LogP contribution >= 0.6 is 0 Å². The van der Waals surface area contributed by atoms with Crippen LogP contribution in [0.5, 0.6) is 5.88 Å². The lowest BCUT2D eigenvalue weighted by atomic mass is 10.1. The van der Waals surface area contributed by atoms with Crippen LogP contribution in [-0.4, -0.2) is 73.1 Å². The van der Waals surface area contributed by atoms with E-state index in [9.17, 15) is 13.6 Å². The van der Waals surface area contributed by atoms with Gasteiger partial charge in [0.25, 0.3) is 6.43 Å². The van der Waals surface area contributed by atoms with Crippen LogP contribution in [0.15, 0.2) is 24.5 Å². The highest BCUT2D eigenvalue weighted by Gasteiger charge is 2.26. The minimum Gasteiger partial charge on any atom is -0.471 e. The SMILES string of the molecule is O=C1CC(CN2CCN(c3ccc4ncnc(OCC(F)F)c4c3)CC2)CN1. The molecule has 1 atom stereocenters. The Labute approximate surface area is 161 Å². The molecule has 28 heavy (non-hydrogen) atoms. The topological polar surface area (TPSA) is 70.6 Å². The molecule has 0 saturated carbocycles. The zero-order chi connectivity index (χ0) is 19.5. The number of amides is 1. The number of rotatable bonds is 6. The van der Waals surface area contributed by atoms with Crippen LogP contribution in [0.1, 0.15) is 6.42 Å². The van der Waals surface area contributed by atoms with Crippen LogP contribution in [-0.2, 0) is 4.79 Å². The third-order valence-corrected chi connectivity index (χ3v) is 5.24. The quantitative estimate of drug-likeness (QED) is 0.806. The molecule has 0 radical (unpaired) electrons. The van der Waals surface area contributed by atoms with Crippen molar-refractivity contribution in [2.45, 2.75) is 12.8 Å². The second kappa shape index (κ2) is 8.22. The van der Waals surface area contributed by atoms with Crippen molar-refractivity contribution in [3.63, 3.8) is 0 Å². The zero-order valence-electron chi connectivity index (χ0n) is 15.5. The highest BCUT2D eigenvalue weighted by Crippen LogP contribution is 2.27. The normalized spacial score (nSPS) is 20.8. The number of halogens is 2. The van der Waals surface area contributed by atoms with E-state index in [2.05, 4.69) is 25.1 Å². The van der Waals surface area contributed by atoms with Crippen molar-refractivity contribution in [2.24, 2.45) is 5.92 Å². The summed E-state index contributed by atoms with van der Waals surface area (Å²) in [7, 11) is 0. The maximum Gasteiger partial charge on any atom is 0.272 e. The largest absolute Gasteiger partial charge is 0.471 e. The minimum atomic E-state index is -2.55. The second-order valence-electron chi connectivity index (χ2n) is 7.24. The van der Waals surface area contributed by atoms with Crippen LogP contribution < -0.4 is 15.0 Å². The molecule has 0 spiro atoms. The molecule has 1 unspecified atom stereocenters. The predicted octanol–water partition coefficient (Wildman–Crippen LogP) is 1.53. The highest BCUT2D eigenvalue weighted by atomic mass is 19.3. The number of nitrogens with one attached hydrogen (secondary N) is 1. The van der Waals surface area contributed by atoms with Crippen molar-refractivity contribution >= 4 is 22.5 Å². The Bertz CT molecular complexity index is 842. The number of ether oxygens (including phenoxy) is 1. The van der Waals surface area contributed by atoms with Gasteiger partial charge in [0.1, 0.15) is 6.33 Å². The lowest BCUT2D eigenvalue weighted by molar-refractivity contribution is -0.119. The Kier molecular flexibility index (Phi) is 5.52. The van der Waals surface area contributed by atoms with Crippen molar-refractivity contribution in [1.82, 2.24) is 20.2 Å². The molecule has 0 bridgehead atoms. The van der Waals surface area contributed by atoms with Crippen molar-refractivity contribution < 1.29 is 18.3 Å². The molecular formula is C19H23F2N5O2. The van der Waals surface area contributed by atoms with E-state index in [1.807, 2.05) is 18.2 Å². The lowest BCUT2D eigenvalue weighted by Crippen LogP contribution is -2.48. The minimum absolute atomic E-state index is 0.145. The van der Waals surface area contributed by atoms with E-state index < -0.39 is 13.0 Å². The van der Waals surface area contributed by atoms with Crippen molar-refractivity contribution in [1.29, 1.82) is 0 Å². The maximum atomic E-state index is 12.5. The predicted molar refractivity (Wildman–Crippen MR) is 101 cm³/mol. The first kappa shape index (κ1) is 18.8. The molecule has 1 amide bonds. The number of fused-ring (bicyclic) bond motifs is 1. The van der Waals surface area contributed by atoms with Crippen LogP contribution in [0.3, 0.4) is 0 Å². The first-order chi connectivity index (χ1) is 13.6. The summed E-state index contributed by atoms with van der Waals surface area (Å²) in [6.07, 6.45) is -0.608. The summed E-state index contributed by atoms with van der Waals surface area (Å²) in [4.78, 5) is 24.2. The monoisotopic (exact) mass is 391 g/mol. The summed E-state index contributed by atoms with van der Waals surface area (Å²) in [5.41, 5.74) is 1.67. The molecule has 150 valence electrons. The number of anilines is 1. The Balaban J connectivity index is 1.41. The number of benzene rings is 1. The molecule has 2 aliphatic heterocycles. The molecule has 2 saturated heterocycles. The van der Waals surface area contributed by atoms with Gasteiger partial charge in [-0.05, 0) is 24.1 Å². The number of alkyl halides is 2. The number of hydrogen-bond acceptors (Lipinski definition) is 6. The van der Waals surface area contributed by atoms with Crippen LogP contribution in [0.25, 0.3) is 10.9 Å². The summed E-state index contributed by atoms with van der Waals surface area (Å²) in [6.45, 7) is 4.58. The van der Waals surface area contributed by atoms with E-state index in [0.717, 1.165) is 45.0 Å². The van der Waals surface area contributed by atoms with Gasteiger partial charge in [-0.25, -0.2) is 18.7 Å². The van der Waals surface area contributed by atoms with E-state index >= 15 is 0 Å². The lowest BCUT2D eigenvalue weighted by Gasteiger charge is -2.37.